The second kappa shape index (κ2) is 4.89. The van der Waals surface area contributed by atoms with Crippen molar-refractivity contribution >= 4 is 18.7 Å². The molecule has 3 nitrogen and oxygen atoms in total. The highest BCUT2D eigenvalue weighted by molar-refractivity contribution is 7.78. The molecule has 1 aromatic rings. The van der Waals surface area contributed by atoms with Gasteiger partial charge in [-0.15, -0.1) is 0 Å². The molecule has 0 unspecified atom stereocenters. The molecular formula is C12H15NO2S. The molecule has 0 fully saturated rings. The van der Waals surface area contributed by atoms with Crippen LogP contribution in [-0.4, -0.2) is 23.9 Å². The molecule has 0 saturated carbocycles. The molecule has 1 amide bonds. The molecule has 0 spiro atoms. The summed E-state index contributed by atoms with van der Waals surface area (Å²) < 4.78 is 6.46. The third-order valence-electron chi connectivity index (χ3n) is 2.77. The summed E-state index contributed by atoms with van der Waals surface area (Å²) in [4.78, 5) is 11.6. The van der Waals surface area contributed by atoms with Gasteiger partial charge in [0.15, 0.2) is 0 Å². The minimum Gasteiger partial charge on any atom is -0.385 e. The highest BCUT2D eigenvalue weighted by Crippen LogP contribution is 2.25. The van der Waals surface area contributed by atoms with Crippen molar-refractivity contribution in [1.29, 1.82) is 0 Å². The van der Waals surface area contributed by atoms with Crippen LogP contribution in [0.5, 0.6) is 0 Å². The topological polar surface area (TPSA) is 29.5 Å². The van der Waals surface area contributed by atoms with E-state index in [1.165, 1.54) is 9.87 Å². The maximum atomic E-state index is 11.6. The fourth-order valence-corrected chi connectivity index (χ4v) is 2.19. The van der Waals surface area contributed by atoms with Crippen LogP contribution < -0.4 is 0 Å². The lowest BCUT2D eigenvalue weighted by Crippen LogP contribution is -2.11. The smallest absolute Gasteiger partial charge is 0.264 e. The summed E-state index contributed by atoms with van der Waals surface area (Å²) in [5.41, 5.74) is 3.12. The molecule has 4 heteroatoms. The molecular weight excluding hydrogens is 222 g/mol. The average Bonchev–Trinajstić information content (AvgIpc) is 2.55. The summed E-state index contributed by atoms with van der Waals surface area (Å²) in [5.74, 6) is 0.00164. The first kappa shape index (κ1) is 11.5. The van der Waals surface area contributed by atoms with Crippen molar-refractivity contribution in [3.63, 3.8) is 0 Å². The third kappa shape index (κ3) is 2.23. The first-order valence-corrected chi connectivity index (χ1v) is 5.74. The summed E-state index contributed by atoms with van der Waals surface area (Å²) in [6, 6.07) is 6.01. The Morgan fingerprint density at radius 2 is 2.31 bits per heavy atom. The Bertz CT molecular complexity index is 406. The van der Waals surface area contributed by atoms with E-state index in [9.17, 15) is 4.79 Å². The number of methoxy groups -OCH3 is 1. The number of benzene rings is 1. The quantitative estimate of drug-likeness (QED) is 0.641. The largest absolute Gasteiger partial charge is 0.385 e. The maximum Gasteiger partial charge on any atom is 0.264 e. The maximum absolute atomic E-state index is 11.6. The summed E-state index contributed by atoms with van der Waals surface area (Å²) in [7, 11) is 1.71. The Labute approximate surface area is 101 Å². The van der Waals surface area contributed by atoms with Crippen LogP contribution in [-0.2, 0) is 17.7 Å². The van der Waals surface area contributed by atoms with Crippen LogP contribution in [0.3, 0.4) is 0 Å². The average molecular weight is 237 g/mol. The number of thiol groups is 1. The van der Waals surface area contributed by atoms with Gasteiger partial charge in [0.05, 0.1) is 6.54 Å². The number of ether oxygens (including phenoxy) is 1. The first-order valence-electron chi connectivity index (χ1n) is 5.34. The Hall–Kier alpha value is -1.00. The highest BCUT2D eigenvalue weighted by Gasteiger charge is 2.24. The van der Waals surface area contributed by atoms with E-state index in [1.54, 1.807) is 7.11 Å². The van der Waals surface area contributed by atoms with Gasteiger partial charge < -0.3 is 4.74 Å². The van der Waals surface area contributed by atoms with Gasteiger partial charge in [-0.1, -0.05) is 24.9 Å². The Morgan fingerprint density at radius 3 is 3.06 bits per heavy atom. The van der Waals surface area contributed by atoms with E-state index in [4.69, 9.17) is 4.74 Å². The molecule has 0 aliphatic carbocycles. The fraction of sp³-hybridized carbons (Fsp3) is 0.417. The van der Waals surface area contributed by atoms with Crippen molar-refractivity contribution in [2.75, 3.05) is 13.7 Å². The Morgan fingerprint density at radius 1 is 1.50 bits per heavy atom. The Balaban J connectivity index is 2.10. The summed E-state index contributed by atoms with van der Waals surface area (Å²) in [6.07, 6.45) is 2.00. The molecule has 1 heterocycles. The van der Waals surface area contributed by atoms with E-state index >= 15 is 0 Å². The second-order valence-electron chi connectivity index (χ2n) is 3.95. The number of amides is 1. The molecule has 16 heavy (non-hydrogen) atoms. The SMILES string of the molecule is COCCCc1ccc2c(c1)CN(S)C2=O. The van der Waals surface area contributed by atoms with E-state index in [0.29, 0.717) is 6.54 Å². The van der Waals surface area contributed by atoms with E-state index in [-0.39, 0.29) is 5.91 Å². The number of hydrogen-bond acceptors (Lipinski definition) is 3. The van der Waals surface area contributed by atoms with E-state index in [0.717, 1.165) is 30.6 Å². The molecule has 86 valence electrons. The lowest BCUT2D eigenvalue weighted by molar-refractivity contribution is 0.0891. The van der Waals surface area contributed by atoms with Crippen LogP contribution in [0.25, 0.3) is 0 Å². The Kier molecular flexibility index (Phi) is 3.51. The monoisotopic (exact) mass is 237 g/mol. The normalized spacial score (nSPS) is 14.4. The van der Waals surface area contributed by atoms with Gasteiger partial charge in [-0.3, -0.25) is 9.10 Å². The predicted octanol–water partition coefficient (Wildman–Crippen LogP) is 2.07. The zero-order chi connectivity index (χ0) is 11.5. The van der Waals surface area contributed by atoms with Gasteiger partial charge in [0.2, 0.25) is 0 Å². The van der Waals surface area contributed by atoms with Crippen molar-refractivity contribution in [3.05, 3.63) is 34.9 Å². The van der Waals surface area contributed by atoms with E-state index < -0.39 is 0 Å². The zero-order valence-electron chi connectivity index (χ0n) is 9.27. The first-order chi connectivity index (χ1) is 7.72. The fourth-order valence-electron chi connectivity index (χ4n) is 1.93. The number of fused-ring (bicyclic) bond motifs is 1. The lowest BCUT2D eigenvalue weighted by Gasteiger charge is -2.03. The lowest BCUT2D eigenvalue weighted by atomic mass is 10.0. The number of carbonyl (C=O) groups is 1. The standard InChI is InChI=1S/C12H15NO2S/c1-15-6-2-3-9-4-5-11-10(7-9)8-13(16)12(11)14/h4-5,7,16H,2-3,6,8H2,1H3. The number of carbonyl (C=O) groups excluding carboxylic acids is 1. The summed E-state index contributed by atoms with van der Waals surface area (Å²) in [5, 5.41) is 0. The van der Waals surface area contributed by atoms with Crippen LogP contribution in [0.4, 0.5) is 0 Å². The van der Waals surface area contributed by atoms with Crippen LogP contribution in [0.15, 0.2) is 18.2 Å². The number of hydrogen-bond donors (Lipinski definition) is 1. The molecule has 2 rings (SSSR count). The van der Waals surface area contributed by atoms with Crippen LogP contribution in [0.2, 0.25) is 0 Å². The molecule has 1 aliphatic heterocycles. The molecule has 1 aromatic carbocycles. The number of rotatable bonds is 4. The predicted molar refractivity (Wildman–Crippen MR) is 65.5 cm³/mol. The van der Waals surface area contributed by atoms with Gasteiger partial charge in [0.1, 0.15) is 0 Å². The minimum absolute atomic E-state index is 0.00164. The molecule has 1 aliphatic rings. The van der Waals surface area contributed by atoms with Gasteiger partial charge in [0.25, 0.3) is 5.91 Å². The highest BCUT2D eigenvalue weighted by atomic mass is 32.1. The molecule has 0 aromatic heterocycles. The van der Waals surface area contributed by atoms with Crippen molar-refractivity contribution < 1.29 is 9.53 Å². The van der Waals surface area contributed by atoms with Gasteiger partial charge in [0, 0.05) is 19.3 Å². The van der Waals surface area contributed by atoms with Gasteiger partial charge in [-0.05, 0) is 30.0 Å². The van der Waals surface area contributed by atoms with Gasteiger partial charge in [-0.25, -0.2) is 0 Å². The number of nitrogens with zero attached hydrogens (tertiary/aromatic N) is 1. The van der Waals surface area contributed by atoms with Gasteiger partial charge in [-0.2, -0.15) is 0 Å². The van der Waals surface area contributed by atoms with Crippen molar-refractivity contribution in [3.8, 4) is 0 Å². The molecule has 0 N–H and O–H groups in total. The van der Waals surface area contributed by atoms with Crippen molar-refractivity contribution in [2.24, 2.45) is 0 Å². The molecule has 0 saturated heterocycles. The minimum atomic E-state index is 0.00164. The molecule has 0 atom stereocenters. The summed E-state index contributed by atoms with van der Waals surface area (Å²) in [6.45, 7) is 1.38. The van der Waals surface area contributed by atoms with Crippen LogP contribution >= 0.6 is 12.8 Å². The molecule has 0 bridgehead atoms. The second-order valence-corrected chi connectivity index (χ2v) is 4.43. The van der Waals surface area contributed by atoms with Crippen LogP contribution in [0, 0.1) is 0 Å². The van der Waals surface area contributed by atoms with Crippen molar-refractivity contribution in [2.45, 2.75) is 19.4 Å². The van der Waals surface area contributed by atoms with E-state index in [1.807, 2.05) is 12.1 Å². The zero-order valence-corrected chi connectivity index (χ0v) is 10.2. The third-order valence-corrected chi connectivity index (χ3v) is 3.09. The van der Waals surface area contributed by atoms with Crippen molar-refractivity contribution in [1.82, 2.24) is 4.31 Å². The molecule has 0 radical (unpaired) electrons. The van der Waals surface area contributed by atoms with Gasteiger partial charge >= 0.3 is 0 Å². The summed E-state index contributed by atoms with van der Waals surface area (Å²) >= 11 is 4.12. The number of aryl methyl sites for hydroxylation is 1. The van der Waals surface area contributed by atoms with E-state index in [2.05, 4.69) is 18.9 Å². The van der Waals surface area contributed by atoms with Crippen LogP contribution in [0.1, 0.15) is 27.9 Å².